The zero-order valence-electron chi connectivity index (χ0n) is 8.69. The highest BCUT2D eigenvalue weighted by atomic mass is 79.9. The van der Waals surface area contributed by atoms with Crippen LogP contribution in [-0.2, 0) is 0 Å². The highest BCUT2D eigenvalue weighted by Gasteiger charge is 2.30. The molecule has 0 saturated heterocycles. The molecule has 0 bridgehead atoms. The molecule has 0 radical (unpaired) electrons. The van der Waals surface area contributed by atoms with Gasteiger partial charge in [0.15, 0.2) is 0 Å². The molecule has 0 aromatic carbocycles. The summed E-state index contributed by atoms with van der Waals surface area (Å²) < 4.78 is 1.08. The second-order valence-corrected chi connectivity index (χ2v) is 4.73. The van der Waals surface area contributed by atoms with Crippen LogP contribution in [0.4, 0.5) is 5.82 Å². The minimum atomic E-state index is 0.683. The maximum absolute atomic E-state index is 5.55. The first-order chi connectivity index (χ1) is 7.33. The summed E-state index contributed by atoms with van der Waals surface area (Å²) in [7, 11) is 0. The summed E-state index contributed by atoms with van der Waals surface area (Å²) in [6.07, 6.45) is 5.44. The van der Waals surface area contributed by atoms with Crippen LogP contribution in [-0.4, -0.2) is 24.1 Å². The fraction of sp³-hybridized carbons (Fsp3) is 0.545. The summed E-state index contributed by atoms with van der Waals surface area (Å²) in [6.45, 7) is 1.75. The van der Waals surface area contributed by atoms with Crippen molar-refractivity contribution in [3.63, 3.8) is 0 Å². The van der Waals surface area contributed by atoms with Crippen LogP contribution in [0.25, 0.3) is 0 Å². The van der Waals surface area contributed by atoms with E-state index in [0.29, 0.717) is 6.04 Å². The van der Waals surface area contributed by atoms with Crippen LogP contribution >= 0.6 is 15.9 Å². The van der Waals surface area contributed by atoms with Gasteiger partial charge in [0.05, 0.1) is 4.47 Å². The summed E-state index contributed by atoms with van der Waals surface area (Å²) in [6, 6.07) is 4.67. The normalized spacial score (nSPS) is 15.3. The Labute approximate surface area is 98.8 Å². The quantitative estimate of drug-likeness (QED) is 0.891. The monoisotopic (exact) mass is 269 g/mol. The Hall–Kier alpha value is -0.610. The van der Waals surface area contributed by atoms with Crippen LogP contribution in [0.15, 0.2) is 22.8 Å². The molecule has 1 aromatic heterocycles. The van der Waals surface area contributed by atoms with Gasteiger partial charge in [-0.25, -0.2) is 4.98 Å². The van der Waals surface area contributed by atoms with E-state index in [1.54, 1.807) is 0 Å². The van der Waals surface area contributed by atoms with Gasteiger partial charge in [0.2, 0.25) is 0 Å². The van der Waals surface area contributed by atoms with E-state index in [4.69, 9.17) is 5.73 Å². The van der Waals surface area contributed by atoms with Gasteiger partial charge in [-0.2, -0.15) is 0 Å². The van der Waals surface area contributed by atoms with Gasteiger partial charge in [0, 0.05) is 18.8 Å². The van der Waals surface area contributed by atoms with Crippen molar-refractivity contribution < 1.29 is 0 Å². The van der Waals surface area contributed by atoms with Crippen LogP contribution in [0.5, 0.6) is 0 Å². The third kappa shape index (κ3) is 2.69. The summed E-state index contributed by atoms with van der Waals surface area (Å²) in [5.41, 5.74) is 5.55. The Morgan fingerprint density at radius 1 is 1.53 bits per heavy atom. The van der Waals surface area contributed by atoms with Gasteiger partial charge in [-0.3, -0.25) is 0 Å². The van der Waals surface area contributed by atoms with Crippen molar-refractivity contribution in [2.45, 2.75) is 25.3 Å². The third-order valence-electron chi connectivity index (χ3n) is 2.60. The molecule has 0 amide bonds. The average molecular weight is 270 g/mol. The molecule has 1 heterocycles. The van der Waals surface area contributed by atoms with Crippen molar-refractivity contribution >= 4 is 21.7 Å². The molecule has 3 nitrogen and oxygen atoms in total. The maximum atomic E-state index is 5.55. The van der Waals surface area contributed by atoms with Crippen LogP contribution in [0.3, 0.4) is 0 Å². The van der Waals surface area contributed by atoms with Crippen molar-refractivity contribution in [2.24, 2.45) is 5.73 Å². The molecule has 1 aromatic rings. The summed E-state index contributed by atoms with van der Waals surface area (Å²) in [5.74, 6) is 1.06. The van der Waals surface area contributed by atoms with Crippen molar-refractivity contribution in [1.29, 1.82) is 0 Å². The average Bonchev–Trinajstić information content (AvgIpc) is 3.05. The number of nitrogens with two attached hydrogens (primary N) is 1. The first kappa shape index (κ1) is 10.9. The molecule has 2 rings (SSSR count). The number of nitrogens with zero attached hydrogens (tertiary/aromatic N) is 2. The first-order valence-electron chi connectivity index (χ1n) is 5.40. The van der Waals surface area contributed by atoms with Gasteiger partial charge >= 0.3 is 0 Å². The van der Waals surface area contributed by atoms with Crippen molar-refractivity contribution in [3.05, 3.63) is 22.8 Å². The number of aromatic nitrogens is 1. The molecule has 4 heteroatoms. The Balaban J connectivity index is 2.13. The summed E-state index contributed by atoms with van der Waals surface area (Å²) in [5, 5.41) is 0. The van der Waals surface area contributed by atoms with Gasteiger partial charge in [-0.15, -0.1) is 0 Å². The minimum absolute atomic E-state index is 0.683. The third-order valence-corrected chi connectivity index (χ3v) is 3.22. The summed E-state index contributed by atoms with van der Waals surface area (Å²) in [4.78, 5) is 6.80. The molecule has 0 unspecified atom stereocenters. The fourth-order valence-corrected chi connectivity index (χ4v) is 2.18. The minimum Gasteiger partial charge on any atom is -0.353 e. The lowest BCUT2D eigenvalue weighted by Crippen LogP contribution is -2.29. The molecular weight excluding hydrogens is 254 g/mol. The number of hydrogen-bond acceptors (Lipinski definition) is 3. The number of hydrogen-bond donors (Lipinski definition) is 1. The van der Waals surface area contributed by atoms with Crippen LogP contribution in [0.1, 0.15) is 19.3 Å². The van der Waals surface area contributed by atoms with E-state index in [0.717, 1.165) is 29.8 Å². The molecule has 15 heavy (non-hydrogen) atoms. The Kier molecular flexibility index (Phi) is 3.59. The van der Waals surface area contributed by atoms with E-state index in [9.17, 15) is 0 Å². The van der Waals surface area contributed by atoms with Crippen LogP contribution < -0.4 is 10.6 Å². The van der Waals surface area contributed by atoms with E-state index in [-0.39, 0.29) is 0 Å². The number of pyridine rings is 1. The Bertz CT molecular complexity index is 325. The molecule has 1 aliphatic rings. The van der Waals surface area contributed by atoms with Gasteiger partial charge < -0.3 is 10.6 Å². The molecule has 1 fully saturated rings. The van der Waals surface area contributed by atoms with E-state index in [1.807, 2.05) is 18.3 Å². The van der Waals surface area contributed by atoms with Crippen molar-refractivity contribution in [2.75, 3.05) is 18.0 Å². The second kappa shape index (κ2) is 4.94. The molecule has 82 valence electrons. The van der Waals surface area contributed by atoms with E-state index in [1.165, 1.54) is 12.8 Å². The van der Waals surface area contributed by atoms with E-state index < -0.39 is 0 Å². The standard InChI is InChI=1S/C11H16BrN3/c12-10-3-1-7-14-11(10)15(8-2-6-13)9-4-5-9/h1,3,7,9H,2,4-6,8,13H2. The van der Waals surface area contributed by atoms with Crippen molar-refractivity contribution in [1.82, 2.24) is 4.98 Å². The molecule has 1 aliphatic carbocycles. The van der Waals surface area contributed by atoms with Gasteiger partial charge in [0.1, 0.15) is 5.82 Å². The lowest BCUT2D eigenvalue weighted by Gasteiger charge is -2.24. The van der Waals surface area contributed by atoms with Gasteiger partial charge in [-0.05, 0) is 53.9 Å². The fourth-order valence-electron chi connectivity index (χ4n) is 1.70. The smallest absolute Gasteiger partial charge is 0.143 e. The molecular formula is C11H16BrN3. The lowest BCUT2D eigenvalue weighted by molar-refractivity contribution is 0.721. The predicted octanol–water partition coefficient (Wildman–Crippen LogP) is 2.16. The first-order valence-corrected chi connectivity index (χ1v) is 6.19. The van der Waals surface area contributed by atoms with E-state index >= 15 is 0 Å². The molecule has 0 aliphatic heterocycles. The zero-order chi connectivity index (χ0) is 10.7. The van der Waals surface area contributed by atoms with Crippen LogP contribution in [0.2, 0.25) is 0 Å². The maximum Gasteiger partial charge on any atom is 0.143 e. The SMILES string of the molecule is NCCCN(c1ncccc1Br)C1CC1. The number of halogens is 1. The molecule has 1 saturated carbocycles. The topological polar surface area (TPSA) is 42.1 Å². The predicted molar refractivity (Wildman–Crippen MR) is 66.0 cm³/mol. The lowest BCUT2D eigenvalue weighted by atomic mass is 10.3. The number of rotatable bonds is 5. The molecule has 0 atom stereocenters. The highest BCUT2D eigenvalue weighted by molar-refractivity contribution is 9.10. The van der Waals surface area contributed by atoms with Gasteiger partial charge in [-0.1, -0.05) is 0 Å². The Morgan fingerprint density at radius 3 is 2.93 bits per heavy atom. The van der Waals surface area contributed by atoms with Crippen LogP contribution in [0, 0.1) is 0 Å². The largest absolute Gasteiger partial charge is 0.353 e. The zero-order valence-corrected chi connectivity index (χ0v) is 10.3. The highest BCUT2D eigenvalue weighted by Crippen LogP contribution is 2.34. The Morgan fingerprint density at radius 2 is 2.33 bits per heavy atom. The molecule has 0 spiro atoms. The van der Waals surface area contributed by atoms with Gasteiger partial charge in [0.25, 0.3) is 0 Å². The van der Waals surface area contributed by atoms with E-state index in [2.05, 4.69) is 25.8 Å². The van der Waals surface area contributed by atoms with Crippen molar-refractivity contribution in [3.8, 4) is 0 Å². The number of anilines is 1. The molecule has 2 N–H and O–H groups in total. The second-order valence-electron chi connectivity index (χ2n) is 3.88. The summed E-state index contributed by atoms with van der Waals surface area (Å²) >= 11 is 3.55.